The lowest BCUT2D eigenvalue weighted by atomic mass is 9.90. The lowest BCUT2D eigenvalue weighted by Crippen LogP contribution is -2.44. The summed E-state index contributed by atoms with van der Waals surface area (Å²) in [5.41, 5.74) is 0.511. The maximum absolute atomic E-state index is 12.6. The van der Waals surface area contributed by atoms with Gasteiger partial charge in [-0.3, -0.25) is 14.4 Å². The maximum atomic E-state index is 12.6. The minimum absolute atomic E-state index is 0.210. The zero-order chi connectivity index (χ0) is 20.0. The first kappa shape index (κ1) is 20.5. The van der Waals surface area contributed by atoms with Gasteiger partial charge in [0, 0.05) is 29.9 Å². The molecule has 0 unspecified atom stereocenters. The van der Waals surface area contributed by atoms with E-state index in [1.54, 1.807) is 50.2 Å². The van der Waals surface area contributed by atoms with E-state index < -0.39 is 17.2 Å². The molecule has 0 saturated carbocycles. The van der Waals surface area contributed by atoms with Gasteiger partial charge in [-0.1, -0.05) is 35.9 Å². The van der Waals surface area contributed by atoms with Crippen LogP contribution in [-0.4, -0.2) is 17.7 Å². The number of nitrogens with one attached hydrogen (secondary N) is 3. The molecule has 2 aromatic rings. The van der Waals surface area contributed by atoms with Crippen molar-refractivity contribution in [1.29, 1.82) is 0 Å². The molecule has 27 heavy (non-hydrogen) atoms. The number of hydrogen-bond donors (Lipinski definition) is 3. The van der Waals surface area contributed by atoms with Crippen LogP contribution in [0.15, 0.2) is 48.5 Å². The van der Waals surface area contributed by atoms with Gasteiger partial charge in [-0.25, -0.2) is 0 Å². The number of amides is 3. The van der Waals surface area contributed by atoms with Crippen molar-refractivity contribution < 1.29 is 14.4 Å². The normalized spacial score (nSPS) is 10.8. The minimum atomic E-state index is -1.30. The number of anilines is 2. The molecular formula is C20H22ClN3O3. The predicted octanol–water partition coefficient (Wildman–Crippen LogP) is 3.58. The molecule has 0 aromatic heterocycles. The summed E-state index contributed by atoms with van der Waals surface area (Å²) in [7, 11) is 0. The molecule has 3 amide bonds. The Morgan fingerprint density at radius 1 is 0.926 bits per heavy atom. The van der Waals surface area contributed by atoms with Crippen molar-refractivity contribution in [3.8, 4) is 0 Å². The molecule has 2 aromatic carbocycles. The highest BCUT2D eigenvalue weighted by atomic mass is 35.5. The quantitative estimate of drug-likeness (QED) is 0.662. The monoisotopic (exact) mass is 387 g/mol. The first-order chi connectivity index (χ1) is 12.7. The molecule has 0 radical (unpaired) electrons. The molecule has 0 heterocycles. The van der Waals surface area contributed by atoms with Crippen LogP contribution >= 0.6 is 11.6 Å². The summed E-state index contributed by atoms with van der Waals surface area (Å²) in [5, 5.41) is 8.64. The van der Waals surface area contributed by atoms with Gasteiger partial charge in [-0.2, -0.15) is 0 Å². The third-order valence-corrected chi connectivity index (χ3v) is 4.34. The number of carbonyl (C=O) groups excluding carboxylic acids is 3. The molecule has 0 aliphatic heterocycles. The Bertz CT molecular complexity index is 865. The Balaban J connectivity index is 2.02. The summed E-state index contributed by atoms with van der Waals surface area (Å²) in [6, 6.07) is 13.9. The summed E-state index contributed by atoms with van der Waals surface area (Å²) in [5.74, 6) is -1.09. The molecule has 0 saturated heterocycles. The third-order valence-electron chi connectivity index (χ3n) is 3.97. The van der Waals surface area contributed by atoms with E-state index >= 15 is 0 Å². The van der Waals surface area contributed by atoms with Gasteiger partial charge in [-0.15, -0.1) is 0 Å². The molecule has 0 atom stereocenters. The number of hydrogen-bond acceptors (Lipinski definition) is 3. The van der Waals surface area contributed by atoms with E-state index in [1.807, 2.05) is 12.1 Å². The van der Waals surface area contributed by atoms with Crippen molar-refractivity contribution in [3.05, 3.63) is 59.1 Å². The zero-order valence-corrected chi connectivity index (χ0v) is 16.2. The van der Waals surface area contributed by atoms with Gasteiger partial charge in [0.2, 0.25) is 17.7 Å². The SMILES string of the molecule is CC(=O)Nc1cccc(NC(=O)C(C)(C)C(=O)NCc2ccccc2Cl)c1. The van der Waals surface area contributed by atoms with Gasteiger partial charge in [0.25, 0.3) is 0 Å². The fourth-order valence-corrected chi connectivity index (χ4v) is 2.51. The summed E-state index contributed by atoms with van der Waals surface area (Å²) in [6.07, 6.45) is 0. The smallest absolute Gasteiger partial charge is 0.239 e. The van der Waals surface area contributed by atoms with Crippen LogP contribution in [0.5, 0.6) is 0 Å². The van der Waals surface area contributed by atoms with Crippen molar-refractivity contribution in [1.82, 2.24) is 5.32 Å². The summed E-state index contributed by atoms with van der Waals surface area (Å²) in [6.45, 7) is 4.72. The van der Waals surface area contributed by atoms with Crippen LogP contribution < -0.4 is 16.0 Å². The van der Waals surface area contributed by atoms with Gasteiger partial charge in [0.1, 0.15) is 5.41 Å². The molecule has 0 aliphatic rings. The molecule has 142 valence electrons. The topological polar surface area (TPSA) is 87.3 Å². The van der Waals surface area contributed by atoms with Gasteiger partial charge in [-0.05, 0) is 43.7 Å². The van der Waals surface area contributed by atoms with E-state index in [-0.39, 0.29) is 12.5 Å². The number of carbonyl (C=O) groups is 3. The second-order valence-electron chi connectivity index (χ2n) is 6.62. The van der Waals surface area contributed by atoms with E-state index in [0.29, 0.717) is 16.4 Å². The van der Waals surface area contributed by atoms with E-state index in [1.165, 1.54) is 6.92 Å². The first-order valence-corrected chi connectivity index (χ1v) is 8.79. The van der Waals surface area contributed by atoms with E-state index in [9.17, 15) is 14.4 Å². The number of rotatable bonds is 6. The lowest BCUT2D eigenvalue weighted by molar-refractivity contribution is -0.138. The fraction of sp³-hybridized carbons (Fsp3) is 0.250. The number of benzene rings is 2. The predicted molar refractivity (Wildman–Crippen MR) is 106 cm³/mol. The molecular weight excluding hydrogens is 366 g/mol. The van der Waals surface area contributed by atoms with Crippen molar-refractivity contribution in [2.75, 3.05) is 10.6 Å². The van der Waals surface area contributed by atoms with E-state index in [0.717, 1.165) is 5.56 Å². The molecule has 6 nitrogen and oxygen atoms in total. The van der Waals surface area contributed by atoms with Crippen LogP contribution in [-0.2, 0) is 20.9 Å². The van der Waals surface area contributed by atoms with Crippen LogP contribution in [0.1, 0.15) is 26.3 Å². The molecule has 7 heteroatoms. The third kappa shape index (κ3) is 5.56. The Kier molecular flexibility index (Phi) is 6.58. The average Bonchev–Trinajstić information content (AvgIpc) is 2.60. The Morgan fingerprint density at radius 3 is 2.19 bits per heavy atom. The molecule has 2 rings (SSSR count). The standard InChI is InChI=1S/C20H22ClN3O3/c1-13(25)23-15-8-6-9-16(11-15)24-19(27)20(2,3)18(26)22-12-14-7-4-5-10-17(14)21/h4-11H,12H2,1-3H3,(H,22,26)(H,23,25)(H,24,27). The van der Waals surface area contributed by atoms with Crippen LogP contribution in [0.2, 0.25) is 5.02 Å². The Labute approximate surface area is 163 Å². The van der Waals surface area contributed by atoms with Gasteiger partial charge in [0.05, 0.1) is 0 Å². The van der Waals surface area contributed by atoms with E-state index in [4.69, 9.17) is 11.6 Å². The highest BCUT2D eigenvalue weighted by molar-refractivity contribution is 6.31. The average molecular weight is 388 g/mol. The lowest BCUT2D eigenvalue weighted by Gasteiger charge is -2.23. The first-order valence-electron chi connectivity index (χ1n) is 8.41. The Morgan fingerprint density at radius 2 is 1.56 bits per heavy atom. The van der Waals surface area contributed by atoms with Crippen LogP contribution in [0, 0.1) is 5.41 Å². The second kappa shape index (κ2) is 8.68. The van der Waals surface area contributed by atoms with Crippen molar-refractivity contribution in [3.63, 3.8) is 0 Å². The fourth-order valence-electron chi connectivity index (χ4n) is 2.31. The molecule has 0 aliphatic carbocycles. The zero-order valence-electron chi connectivity index (χ0n) is 15.4. The summed E-state index contributed by atoms with van der Waals surface area (Å²) < 4.78 is 0. The van der Waals surface area contributed by atoms with E-state index in [2.05, 4.69) is 16.0 Å². The molecule has 3 N–H and O–H groups in total. The molecule has 0 fully saturated rings. The van der Waals surface area contributed by atoms with Crippen molar-refractivity contribution in [2.24, 2.45) is 5.41 Å². The van der Waals surface area contributed by atoms with Gasteiger partial charge >= 0.3 is 0 Å². The van der Waals surface area contributed by atoms with Gasteiger partial charge in [0.15, 0.2) is 0 Å². The van der Waals surface area contributed by atoms with Crippen LogP contribution in [0.4, 0.5) is 11.4 Å². The van der Waals surface area contributed by atoms with Crippen molar-refractivity contribution >= 4 is 40.7 Å². The van der Waals surface area contributed by atoms with Crippen LogP contribution in [0.25, 0.3) is 0 Å². The summed E-state index contributed by atoms with van der Waals surface area (Å²) >= 11 is 6.08. The minimum Gasteiger partial charge on any atom is -0.351 e. The van der Waals surface area contributed by atoms with Gasteiger partial charge < -0.3 is 16.0 Å². The largest absolute Gasteiger partial charge is 0.351 e. The highest BCUT2D eigenvalue weighted by Crippen LogP contribution is 2.22. The van der Waals surface area contributed by atoms with Crippen LogP contribution in [0.3, 0.4) is 0 Å². The highest BCUT2D eigenvalue weighted by Gasteiger charge is 2.36. The summed E-state index contributed by atoms with van der Waals surface area (Å²) in [4.78, 5) is 36.3. The Hall–Kier alpha value is -2.86. The molecule has 0 spiro atoms. The maximum Gasteiger partial charge on any atom is 0.239 e. The second-order valence-corrected chi connectivity index (χ2v) is 7.02. The number of halogens is 1. The van der Waals surface area contributed by atoms with Crippen molar-refractivity contribution in [2.45, 2.75) is 27.3 Å². The molecule has 0 bridgehead atoms.